The Bertz CT molecular complexity index is 1280. The van der Waals surface area contributed by atoms with Crippen LogP contribution in [0.1, 0.15) is 151 Å². The minimum absolute atomic E-state index is 0.0179. The molecule has 8 aliphatic rings. The lowest BCUT2D eigenvalue weighted by molar-refractivity contribution is -0.185. The van der Waals surface area contributed by atoms with Gasteiger partial charge in [0.05, 0.1) is 24.0 Å². The third-order valence-electron chi connectivity index (χ3n) is 16.9. The Morgan fingerprint density at radius 3 is 2.13 bits per heavy atom. The number of fused-ring (bicyclic) bond motifs is 5. The second-order valence-corrected chi connectivity index (χ2v) is 19.9. The fourth-order valence-electron chi connectivity index (χ4n) is 14.4. The molecule has 0 aromatic rings. The standard InChI is InChI=1S/C44H70O8/c1-7-26(2)40(47)52-33-12-14-42(5)32(21-33)22-37(45)39-35-10-9-34(43(35,6)15-13-36(39)42)27(3)8-11-38(46)51-28(4)49-16-17-50-41(48)44-23-29-18-30(24-44)20-31(19-29)25-44/h26-37,39,45H,7-25H2,1-6H3. The summed E-state index contributed by atoms with van der Waals surface area (Å²) in [5.74, 6) is 4.35. The minimum Gasteiger partial charge on any atom is -0.463 e. The Morgan fingerprint density at radius 1 is 0.808 bits per heavy atom. The Balaban J connectivity index is 0.847. The number of hydrogen-bond donors (Lipinski definition) is 1. The Kier molecular flexibility index (Phi) is 11.2. The largest absolute Gasteiger partial charge is 0.463 e. The van der Waals surface area contributed by atoms with E-state index >= 15 is 0 Å². The van der Waals surface area contributed by atoms with Crippen molar-refractivity contribution in [3.8, 4) is 0 Å². The monoisotopic (exact) mass is 727 g/mol. The van der Waals surface area contributed by atoms with E-state index in [2.05, 4.69) is 20.8 Å². The fourth-order valence-corrected chi connectivity index (χ4v) is 14.4. The van der Waals surface area contributed by atoms with Crippen LogP contribution in [0, 0.1) is 75.4 Å². The maximum Gasteiger partial charge on any atom is 0.312 e. The van der Waals surface area contributed by atoms with Crippen LogP contribution in [0.4, 0.5) is 0 Å². The maximum atomic E-state index is 13.1. The Morgan fingerprint density at radius 2 is 1.46 bits per heavy atom. The van der Waals surface area contributed by atoms with Crippen molar-refractivity contribution in [1.82, 2.24) is 0 Å². The normalized spacial score (nSPS) is 44.8. The van der Waals surface area contributed by atoms with Gasteiger partial charge in [0.15, 0.2) is 6.29 Å². The third-order valence-corrected chi connectivity index (χ3v) is 16.9. The van der Waals surface area contributed by atoms with Crippen LogP contribution in [0.3, 0.4) is 0 Å². The van der Waals surface area contributed by atoms with Gasteiger partial charge in [0.1, 0.15) is 12.7 Å². The van der Waals surface area contributed by atoms with Gasteiger partial charge in [-0.2, -0.15) is 0 Å². The van der Waals surface area contributed by atoms with Gasteiger partial charge in [-0.15, -0.1) is 0 Å². The topological polar surface area (TPSA) is 108 Å². The zero-order valence-corrected chi connectivity index (χ0v) is 33.2. The van der Waals surface area contributed by atoms with Crippen molar-refractivity contribution in [1.29, 1.82) is 0 Å². The van der Waals surface area contributed by atoms with Crippen molar-refractivity contribution in [3.63, 3.8) is 0 Å². The lowest BCUT2D eigenvalue weighted by Crippen LogP contribution is -2.58. The number of aliphatic hydroxyl groups excluding tert-OH is 1. The molecule has 0 heterocycles. The molecular weight excluding hydrogens is 656 g/mol. The summed E-state index contributed by atoms with van der Waals surface area (Å²) in [5.41, 5.74) is 0.0938. The van der Waals surface area contributed by atoms with Crippen LogP contribution in [0.2, 0.25) is 0 Å². The summed E-state index contributed by atoms with van der Waals surface area (Å²) in [4.78, 5) is 38.6. The number of esters is 3. The first kappa shape index (κ1) is 38.6. The van der Waals surface area contributed by atoms with Gasteiger partial charge in [0, 0.05) is 6.42 Å². The Hall–Kier alpha value is -1.67. The summed E-state index contributed by atoms with van der Waals surface area (Å²) in [6.07, 6.45) is 16.2. The van der Waals surface area contributed by atoms with Gasteiger partial charge in [-0.05, 0) is 174 Å². The number of aliphatic hydroxyl groups is 1. The molecule has 0 saturated heterocycles. The van der Waals surface area contributed by atoms with Crippen LogP contribution < -0.4 is 0 Å². The van der Waals surface area contributed by atoms with Crippen molar-refractivity contribution in [3.05, 3.63) is 0 Å². The molecule has 0 aliphatic heterocycles. The van der Waals surface area contributed by atoms with Crippen LogP contribution in [0.15, 0.2) is 0 Å². The summed E-state index contributed by atoms with van der Waals surface area (Å²) >= 11 is 0. The highest BCUT2D eigenvalue weighted by Crippen LogP contribution is 2.68. The molecule has 8 heteroatoms. The Labute approximate surface area is 313 Å². The predicted octanol–water partition coefficient (Wildman–Crippen LogP) is 8.66. The molecule has 294 valence electrons. The van der Waals surface area contributed by atoms with E-state index in [9.17, 15) is 19.5 Å². The molecule has 0 aromatic carbocycles. The minimum atomic E-state index is -0.676. The quantitative estimate of drug-likeness (QED) is 0.0870. The van der Waals surface area contributed by atoms with Gasteiger partial charge in [-0.3, -0.25) is 14.4 Å². The highest BCUT2D eigenvalue weighted by Gasteiger charge is 2.63. The second-order valence-electron chi connectivity index (χ2n) is 19.9. The molecule has 0 spiro atoms. The zero-order valence-electron chi connectivity index (χ0n) is 33.2. The van der Waals surface area contributed by atoms with Crippen LogP contribution in [-0.4, -0.2) is 54.7 Å². The first-order chi connectivity index (χ1) is 24.7. The van der Waals surface area contributed by atoms with E-state index in [1.807, 2.05) is 13.8 Å². The summed E-state index contributed by atoms with van der Waals surface area (Å²) in [6.45, 7) is 13.4. The van der Waals surface area contributed by atoms with E-state index in [1.54, 1.807) is 6.92 Å². The highest BCUT2D eigenvalue weighted by molar-refractivity contribution is 5.77. The molecule has 4 bridgehead atoms. The maximum absolute atomic E-state index is 13.1. The number of ether oxygens (including phenoxy) is 4. The molecule has 0 aromatic heterocycles. The van der Waals surface area contributed by atoms with E-state index in [0.29, 0.717) is 59.7 Å². The summed E-state index contributed by atoms with van der Waals surface area (Å²) in [5, 5.41) is 11.8. The molecule has 12 unspecified atom stereocenters. The van der Waals surface area contributed by atoms with Crippen molar-refractivity contribution < 1.29 is 38.4 Å². The average molecular weight is 727 g/mol. The van der Waals surface area contributed by atoms with Gasteiger partial charge in [-0.1, -0.05) is 34.6 Å². The van der Waals surface area contributed by atoms with E-state index in [0.717, 1.165) is 77.0 Å². The molecule has 8 nitrogen and oxygen atoms in total. The summed E-state index contributed by atoms with van der Waals surface area (Å²) in [6, 6.07) is 0. The molecule has 8 fully saturated rings. The molecule has 8 aliphatic carbocycles. The number of carbonyl (C=O) groups is 3. The predicted molar refractivity (Wildman–Crippen MR) is 197 cm³/mol. The molecular formula is C44H70O8. The van der Waals surface area contributed by atoms with Crippen LogP contribution in [0.25, 0.3) is 0 Å². The lowest BCUT2D eigenvalue weighted by Gasteiger charge is -2.62. The number of hydrogen-bond acceptors (Lipinski definition) is 8. The average Bonchev–Trinajstić information content (AvgIpc) is 3.45. The molecule has 0 radical (unpaired) electrons. The molecule has 0 amide bonds. The third kappa shape index (κ3) is 7.23. The molecule has 8 saturated carbocycles. The van der Waals surface area contributed by atoms with Crippen LogP contribution in [-0.2, 0) is 33.3 Å². The van der Waals surface area contributed by atoms with Gasteiger partial charge < -0.3 is 24.1 Å². The fraction of sp³-hybridized carbons (Fsp3) is 0.932. The van der Waals surface area contributed by atoms with E-state index in [4.69, 9.17) is 18.9 Å². The summed E-state index contributed by atoms with van der Waals surface area (Å²) < 4.78 is 23.1. The highest BCUT2D eigenvalue weighted by atomic mass is 16.7. The molecule has 8 rings (SSSR count). The van der Waals surface area contributed by atoms with E-state index in [1.165, 1.54) is 25.7 Å². The smallest absolute Gasteiger partial charge is 0.312 e. The first-order valence-corrected chi connectivity index (χ1v) is 21.6. The molecule has 1 N–H and O–H groups in total. The van der Waals surface area contributed by atoms with Crippen LogP contribution >= 0.6 is 0 Å². The van der Waals surface area contributed by atoms with E-state index in [-0.39, 0.29) is 65.5 Å². The second kappa shape index (κ2) is 15.1. The molecule has 52 heavy (non-hydrogen) atoms. The molecule has 12 atom stereocenters. The van der Waals surface area contributed by atoms with Crippen molar-refractivity contribution in [2.75, 3.05) is 13.2 Å². The van der Waals surface area contributed by atoms with Gasteiger partial charge >= 0.3 is 17.9 Å². The van der Waals surface area contributed by atoms with Crippen molar-refractivity contribution >= 4 is 17.9 Å². The van der Waals surface area contributed by atoms with Crippen LogP contribution in [0.5, 0.6) is 0 Å². The number of carbonyl (C=O) groups excluding carboxylic acids is 3. The first-order valence-electron chi connectivity index (χ1n) is 21.6. The van der Waals surface area contributed by atoms with Gasteiger partial charge in [-0.25, -0.2) is 0 Å². The van der Waals surface area contributed by atoms with Gasteiger partial charge in [0.2, 0.25) is 0 Å². The van der Waals surface area contributed by atoms with Crippen molar-refractivity contribution in [2.45, 2.75) is 169 Å². The van der Waals surface area contributed by atoms with Gasteiger partial charge in [0.25, 0.3) is 0 Å². The summed E-state index contributed by atoms with van der Waals surface area (Å²) in [7, 11) is 0. The SMILES string of the molecule is CCC(C)C(=O)OC1CCC2(C)C(C1)CC(O)C1C2CCC2(C)C(C(C)CCC(=O)OC(C)OCCOC(=O)C34CC5CC(CC(C5)C3)C4)CCC12. The number of rotatable bonds is 13. The van der Waals surface area contributed by atoms with Crippen molar-refractivity contribution in [2.24, 2.45) is 75.4 Å². The van der Waals surface area contributed by atoms with E-state index < -0.39 is 6.29 Å². The lowest BCUT2D eigenvalue weighted by atomic mass is 9.43. The zero-order chi connectivity index (χ0) is 37.0.